The number of hydrogen-bond acceptors (Lipinski definition) is 7. The number of thiazole rings is 1. The summed E-state index contributed by atoms with van der Waals surface area (Å²) in [5.41, 5.74) is 6.94. The molecule has 4 aliphatic heterocycles. The molecule has 0 bridgehead atoms. The molecular formula is C27H26N4O4S. The molecule has 4 aliphatic rings. The maximum atomic E-state index is 13.2. The minimum absolute atomic E-state index is 0.0341. The van der Waals surface area contributed by atoms with Gasteiger partial charge < -0.3 is 9.64 Å². The molecule has 1 spiro atoms. The molecule has 5 heterocycles. The largest absolute Gasteiger partial charge is 0.492 e. The van der Waals surface area contributed by atoms with Gasteiger partial charge in [-0.05, 0) is 56.1 Å². The lowest BCUT2D eigenvalue weighted by molar-refractivity contribution is -0.136. The van der Waals surface area contributed by atoms with Gasteiger partial charge in [0.05, 0.1) is 28.9 Å². The quantitative estimate of drug-likeness (QED) is 0.554. The van der Waals surface area contributed by atoms with Crippen molar-refractivity contribution in [2.75, 3.05) is 19.7 Å². The average molecular weight is 503 g/mol. The van der Waals surface area contributed by atoms with Crippen LogP contribution in [0.25, 0.3) is 10.2 Å². The number of piperidine rings is 2. The normalized spacial score (nSPS) is 23.2. The van der Waals surface area contributed by atoms with E-state index in [1.807, 2.05) is 11.6 Å². The molecule has 36 heavy (non-hydrogen) atoms. The van der Waals surface area contributed by atoms with Crippen LogP contribution in [0.5, 0.6) is 5.75 Å². The zero-order chi connectivity index (χ0) is 24.4. The van der Waals surface area contributed by atoms with Crippen molar-refractivity contribution >= 4 is 39.3 Å². The van der Waals surface area contributed by atoms with Crippen LogP contribution >= 0.6 is 11.3 Å². The standard InChI is InChI=1S/C27H26N4O4S/c32-23-6-5-21(25(33)29-23)31-13-18-17(26(31)34)2-3-19-24(18)35-14-27(19)7-9-30(10-8-27)12-16-1-4-20-22(11-16)36-15-28-20/h1-4,11,15,21H,5-10,12-14H2,(H,29,32,33). The lowest BCUT2D eigenvalue weighted by Gasteiger charge is -2.38. The maximum absolute atomic E-state index is 13.2. The topological polar surface area (TPSA) is 91.8 Å². The molecule has 184 valence electrons. The number of carbonyl (C=O) groups excluding carboxylic acids is 3. The number of fused-ring (bicyclic) bond motifs is 5. The lowest BCUT2D eigenvalue weighted by Crippen LogP contribution is -2.52. The average Bonchev–Trinajstić information content (AvgIpc) is 3.57. The Balaban J connectivity index is 1.08. The van der Waals surface area contributed by atoms with Crippen LogP contribution in [0.2, 0.25) is 0 Å². The molecule has 2 saturated heterocycles. The maximum Gasteiger partial charge on any atom is 0.255 e. The van der Waals surface area contributed by atoms with Gasteiger partial charge in [0, 0.05) is 35.1 Å². The Hall–Kier alpha value is -3.30. The van der Waals surface area contributed by atoms with Crippen molar-refractivity contribution in [3.63, 3.8) is 0 Å². The summed E-state index contributed by atoms with van der Waals surface area (Å²) >= 11 is 1.68. The summed E-state index contributed by atoms with van der Waals surface area (Å²) in [5.74, 6) is 0.0182. The van der Waals surface area contributed by atoms with Crippen LogP contribution in [-0.4, -0.2) is 58.2 Å². The number of aromatic nitrogens is 1. The van der Waals surface area contributed by atoms with Gasteiger partial charge in [-0.3, -0.25) is 24.6 Å². The van der Waals surface area contributed by atoms with E-state index in [2.05, 4.69) is 39.5 Å². The summed E-state index contributed by atoms with van der Waals surface area (Å²) in [6.07, 6.45) is 2.63. The SMILES string of the molecule is O=C1CCC(N2Cc3c(ccc4c3OCC43CCN(Cc4ccc5ncsc5c4)CC3)C2=O)C(=O)N1. The zero-order valence-electron chi connectivity index (χ0n) is 19.8. The van der Waals surface area contributed by atoms with Crippen LogP contribution in [-0.2, 0) is 28.1 Å². The zero-order valence-corrected chi connectivity index (χ0v) is 20.6. The number of amides is 3. The van der Waals surface area contributed by atoms with Crippen LogP contribution in [0.1, 0.15) is 52.7 Å². The highest BCUT2D eigenvalue weighted by Gasteiger charge is 2.47. The second-order valence-electron chi connectivity index (χ2n) is 10.4. The van der Waals surface area contributed by atoms with Crippen LogP contribution in [0.4, 0.5) is 0 Å². The minimum atomic E-state index is -0.610. The van der Waals surface area contributed by atoms with Crippen molar-refractivity contribution in [2.24, 2.45) is 0 Å². The van der Waals surface area contributed by atoms with Crippen LogP contribution in [0.3, 0.4) is 0 Å². The summed E-state index contributed by atoms with van der Waals surface area (Å²) in [5, 5.41) is 2.37. The van der Waals surface area contributed by atoms with E-state index in [0.29, 0.717) is 25.1 Å². The van der Waals surface area contributed by atoms with Gasteiger partial charge in [0.1, 0.15) is 11.8 Å². The van der Waals surface area contributed by atoms with Gasteiger partial charge >= 0.3 is 0 Å². The molecule has 1 N–H and O–H groups in total. The molecule has 7 rings (SSSR count). The van der Waals surface area contributed by atoms with Gasteiger partial charge in [-0.15, -0.1) is 11.3 Å². The Morgan fingerprint density at radius 3 is 2.83 bits per heavy atom. The Kier molecular flexibility index (Phi) is 4.94. The highest BCUT2D eigenvalue weighted by atomic mass is 32.1. The molecule has 2 aromatic carbocycles. The first-order valence-electron chi connectivity index (χ1n) is 12.5. The third kappa shape index (κ3) is 3.37. The van der Waals surface area contributed by atoms with Crippen molar-refractivity contribution in [3.05, 3.63) is 58.1 Å². The predicted octanol–water partition coefficient (Wildman–Crippen LogP) is 2.98. The van der Waals surface area contributed by atoms with Gasteiger partial charge in [0.15, 0.2) is 0 Å². The molecule has 3 aromatic rings. The number of benzene rings is 2. The number of ether oxygens (including phenoxy) is 1. The van der Waals surface area contributed by atoms with Gasteiger partial charge in [-0.2, -0.15) is 0 Å². The summed E-state index contributed by atoms with van der Waals surface area (Å²) in [7, 11) is 0. The van der Waals surface area contributed by atoms with Crippen molar-refractivity contribution in [1.29, 1.82) is 0 Å². The Bertz CT molecular complexity index is 1420. The molecule has 9 heteroatoms. The van der Waals surface area contributed by atoms with Crippen molar-refractivity contribution in [2.45, 2.75) is 50.2 Å². The van der Waals surface area contributed by atoms with E-state index in [9.17, 15) is 14.4 Å². The second kappa shape index (κ2) is 8.11. The third-order valence-corrected chi connectivity index (χ3v) is 9.14. The van der Waals surface area contributed by atoms with Gasteiger partial charge in [-0.25, -0.2) is 4.98 Å². The Labute approximate surface area is 212 Å². The predicted molar refractivity (Wildman–Crippen MR) is 134 cm³/mol. The summed E-state index contributed by atoms with van der Waals surface area (Å²) in [6.45, 7) is 3.89. The van der Waals surface area contributed by atoms with Crippen molar-refractivity contribution in [1.82, 2.24) is 20.1 Å². The first kappa shape index (κ1) is 21.9. The van der Waals surface area contributed by atoms with E-state index in [0.717, 1.165) is 49.3 Å². The van der Waals surface area contributed by atoms with E-state index in [-0.39, 0.29) is 29.6 Å². The minimum Gasteiger partial charge on any atom is -0.492 e. The van der Waals surface area contributed by atoms with Crippen LogP contribution < -0.4 is 10.1 Å². The molecule has 0 saturated carbocycles. The molecule has 1 atom stereocenters. The highest BCUT2D eigenvalue weighted by molar-refractivity contribution is 7.16. The molecular weight excluding hydrogens is 476 g/mol. The number of hydrogen-bond donors (Lipinski definition) is 1. The Morgan fingerprint density at radius 2 is 2.00 bits per heavy atom. The summed E-state index contributed by atoms with van der Waals surface area (Å²) < 4.78 is 7.53. The monoisotopic (exact) mass is 502 g/mol. The van der Waals surface area contributed by atoms with E-state index >= 15 is 0 Å². The Morgan fingerprint density at radius 1 is 1.14 bits per heavy atom. The van der Waals surface area contributed by atoms with Crippen molar-refractivity contribution in [3.8, 4) is 5.75 Å². The van der Waals surface area contributed by atoms with E-state index < -0.39 is 6.04 Å². The summed E-state index contributed by atoms with van der Waals surface area (Å²) in [4.78, 5) is 45.6. The number of nitrogens with zero attached hydrogens (tertiary/aromatic N) is 3. The molecule has 0 aliphatic carbocycles. The second-order valence-corrected chi connectivity index (χ2v) is 11.3. The molecule has 1 unspecified atom stereocenters. The van der Waals surface area contributed by atoms with Gasteiger partial charge in [0.25, 0.3) is 5.91 Å². The molecule has 3 amide bonds. The highest BCUT2D eigenvalue weighted by Crippen LogP contribution is 2.49. The fraction of sp³-hybridized carbons (Fsp3) is 0.407. The van der Waals surface area contributed by atoms with Crippen LogP contribution in [0.15, 0.2) is 35.8 Å². The van der Waals surface area contributed by atoms with E-state index in [1.165, 1.54) is 15.8 Å². The molecule has 2 fully saturated rings. The number of carbonyl (C=O) groups is 3. The van der Waals surface area contributed by atoms with E-state index in [1.54, 1.807) is 16.2 Å². The number of rotatable bonds is 3. The van der Waals surface area contributed by atoms with Gasteiger partial charge in [-0.1, -0.05) is 12.1 Å². The molecule has 1 aromatic heterocycles. The van der Waals surface area contributed by atoms with E-state index in [4.69, 9.17) is 4.74 Å². The number of likely N-dealkylation sites (tertiary alicyclic amines) is 1. The molecule has 0 radical (unpaired) electrons. The summed E-state index contributed by atoms with van der Waals surface area (Å²) in [6, 6.07) is 9.90. The first-order valence-corrected chi connectivity index (χ1v) is 13.4. The lowest BCUT2D eigenvalue weighted by atomic mass is 9.74. The van der Waals surface area contributed by atoms with Crippen molar-refractivity contribution < 1.29 is 19.1 Å². The molecule has 8 nitrogen and oxygen atoms in total. The first-order chi connectivity index (χ1) is 17.5. The fourth-order valence-corrected chi connectivity index (χ4v) is 7.03. The number of imide groups is 1. The van der Waals surface area contributed by atoms with Crippen LogP contribution in [0, 0.1) is 0 Å². The number of nitrogens with one attached hydrogen (secondary N) is 1. The third-order valence-electron chi connectivity index (χ3n) is 8.35. The smallest absolute Gasteiger partial charge is 0.255 e. The fourth-order valence-electron chi connectivity index (χ4n) is 6.29. The van der Waals surface area contributed by atoms with Gasteiger partial charge in [0.2, 0.25) is 11.8 Å².